The Bertz CT molecular complexity index is 451. The molecule has 5 heteroatoms. The Kier molecular flexibility index (Phi) is 3.50. The summed E-state index contributed by atoms with van der Waals surface area (Å²) >= 11 is 0. The molecule has 2 atom stereocenters. The van der Waals surface area contributed by atoms with Crippen LogP contribution in [0, 0.1) is 0 Å². The van der Waals surface area contributed by atoms with Crippen LogP contribution in [0.2, 0.25) is 0 Å². The number of aromatic amines is 1. The van der Waals surface area contributed by atoms with Crippen molar-refractivity contribution in [3.05, 3.63) is 17.7 Å². The van der Waals surface area contributed by atoms with Crippen LogP contribution in [-0.4, -0.2) is 64.6 Å². The standard InChI is InChI=1S/C15H25N5/c1-2-5-20(4-1)13-3-6-19(10-13)9-12-7-14-15(8-16-12)18-11-17-14/h11-13,16H,1-10H2,(H,17,18). The fraction of sp³-hybridized carbons (Fsp3) is 0.800. The number of nitrogens with one attached hydrogen (secondary N) is 2. The summed E-state index contributed by atoms with van der Waals surface area (Å²) in [6.45, 7) is 7.33. The average molecular weight is 275 g/mol. The molecule has 0 spiro atoms. The summed E-state index contributed by atoms with van der Waals surface area (Å²) < 4.78 is 0. The number of hydrogen-bond acceptors (Lipinski definition) is 4. The number of nitrogens with zero attached hydrogens (tertiary/aromatic N) is 3. The van der Waals surface area contributed by atoms with Crippen molar-refractivity contribution in [3.63, 3.8) is 0 Å². The molecular weight excluding hydrogens is 250 g/mol. The third-order valence-corrected chi connectivity index (χ3v) is 5.20. The highest BCUT2D eigenvalue weighted by Gasteiger charge is 2.31. The van der Waals surface area contributed by atoms with E-state index in [1.165, 1.54) is 63.4 Å². The van der Waals surface area contributed by atoms with E-state index in [2.05, 4.69) is 25.1 Å². The van der Waals surface area contributed by atoms with Crippen LogP contribution in [0.15, 0.2) is 6.33 Å². The van der Waals surface area contributed by atoms with Crippen LogP contribution < -0.4 is 5.32 Å². The van der Waals surface area contributed by atoms with Gasteiger partial charge >= 0.3 is 0 Å². The van der Waals surface area contributed by atoms with E-state index in [0.717, 1.165) is 19.0 Å². The molecule has 3 aliphatic rings. The van der Waals surface area contributed by atoms with Crippen LogP contribution in [0.1, 0.15) is 30.7 Å². The van der Waals surface area contributed by atoms with E-state index >= 15 is 0 Å². The van der Waals surface area contributed by atoms with Gasteiger partial charge in [0.2, 0.25) is 0 Å². The van der Waals surface area contributed by atoms with E-state index in [0.29, 0.717) is 6.04 Å². The topological polar surface area (TPSA) is 47.2 Å². The van der Waals surface area contributed by atoms with E-state index in [1.807, 2.05) is 6.33 Å². The van der Waals surface area contributed by atoms with Crippen molar-refractivity contribution < 1.29 is 0 Å². The third kappa shape index (κ3) is 2.50. The minimum atomic E-state index is 0.572. The molecule has 0 saturated carbocycles. The van der Waals surface area contributed by atoms with Crippen LogP contribution in [0.5, 0.6) is 0 Å². The molecule has 3 aliphatic heterocycles. The van der Waals surface area contributed by atoms with Crippen LogP contribution in [-0.2, 0) is 13.0 Å². The van der Waals surface area contributed by atoms with E-state index in [1.54, 1.807) is 0 Å². The number of rotatable bonds is 3. The summed E-state index contributed by atoms with van der Waals surface area (Å²) in [4.78, 5) is 13.0. The maximum atomic E-state index is 4.44. The SMILES string of the molecule is c1nc2c([nH]1)CNC(CN1CCC(N3CCCC3)C1)C2. The monoisotopic (exact) mass is 275 g/mol. The Morgan fingerprint density at radius 1 is 1.25 bits per heavy atom. The van der Waals surface area contributed by atoms with Crippen LogP contribution in [0.4, 0.5) is 0 Å². The number of imidazole rings is 1. The molecule has 2 N–H and O–H groups in total. The van der Waals surface area contributed by atoms with Crippen molar-refractivity contribution in [1.29, 1.82) is 0 Å². The van der Waals surface area contributed by atoms with Crippen LogP contribution in [0.25, 0.3) is 0 Å². The van der Waals surface area contributed by atoms with E-state index in [9.17, 15) is 0 Å². The lowest BCUT2D eigenvalue weighted by Crippen LogP contribution is -2.45. The predicted octanol–water partition coefficient (Wildman–Crippen LogP) is 0.594. The summed E-state index contributed by atoms with van der Waals surface area (Å²) in [7, 11) is 0. The molecule has 4 heterocycles. The van der Waals surface area contributed by atoms with Gasteiger partial charge in [0.1, 0.15) is 0 Å². The quantitative estimate of drug-likeness (QED) is 0.848. The molecule has 0 aromatic carbocycles. The zero-order valence-corrected chi connectivity index (χ0v) is 12.1. The Morgan fingerprint density at radius 2 is 2.15 bits per heavy atom. The van der Waals surface area contributed by atoms with Gasteiger partial charge in [0, 0.05) is 38.1 Å². The maximum absolute atomic E-state index is 4.44. The fourth-order valence-corrected chi connectivity index (χ4v) is 4.05. The molecule has 4 rings (SSSR count). The lowest BCUT2D eigenvalue weighted by Gasteiger charge is -2.28. The Labute approximate surface area is 120 Å². The maximum Gasteiger partial charge on any atom is 0.0925 e. The van der Waals surface area contributed by atoms with E-state index < -0.39 is 0 Å². The number of aromatic nitrogens is 2. The summed E-state index contributed by atoms with van der Waals surface area (Å²) in [5.74, 6) is 0. The van der Waals surface area contributed by atoms with Gasteiger partial charge in [-0.3, -0.25) is 4.90 Å². The van der Waals surface area contributed by atoms with E-state index in [-0.39, 0.29) is 0 Å². The van der Waals surface area contributed by atoms with Crippen molar-refractivity contribution in [1.82, 2.24) is 25.1 Å². The molecule has 20 heavy (non-hydrogen) atoms. The normalized spacial score (nSPS) is 31.8. The highest BCUT2D eigenvalue weighted by Crippen LogP contribution is 2.21. The summed E-state index contributed by atoms with van der Waals surface area (Å²) in [6, 6.07) is 1.39. The molecule has 0 bridgehead atoms. The molecule has 5 nitrogen and oxygen atoms in total. The van der Waals surface area contributed by atoms with Crippen molar-refractivity contribution in [2.45, 2.75) is 44.3 Å². The van der Waals surface area contributed by atoms with Gasteiger partial charge in [-0.2, -0.15) is 0 Å². The number of likely N-dealkylation sites (tertiary alicyclic amines) is 2. The predicted molar refractivity (Wildman–Crippen MR) is 78.6 cm³/mol. The van der Waals surface area contributed by atoms with Crippen molar-refractivity contribution >= 4 is 0 Å². The Morgan fingerprint density at radius 3 is 3.05 bits per heavy atom. The first-order chi connectivity index (χ1) is 9.88. The van der Waals surface area contributed by atoms with Gasteiger partial charge < -0.3 is 15.2 Å². The Hall–Kier alpha value is -0.910. The lowest BCUT2D eigenvalue weighted by atomic mass is 10.1. The second-order valence-electron chi connectivity index (χ2n) is 6.55. The average Bonchev–Trinajstić information content (AvgIpc) is 3.19. The van der Waals surface area contributed by atoms with Crippen molar-refractivity contribution in [2.75, 3.05) is 32.7 Å². The molecule has 2 fully saturated rings. The minimum absolute atomic E-state index is 0.572. The molecule has 0 radical (unpaired) electrons. The highest BCUT2D eigenvalue weighted by atomic mass is 15.3. The molecule has 2 saturated heterocycles. The summed E-state index contributed by atoms with van der Waals surface area (Å²) in [6.07, 6.45) is 7.07. The summed E-state index contributed by atoms with van der Waals surface area (Å²) in [5.41, 5.74) is 2.54. The molecule has 2 unspecified atom stereocenters. The molecular formula is C15H25N5. The van der Waals surface area contributed by atoms with Crippen molar-refractivity contribution in [3.8, 4) is 0 Å². The first kappa shape index (κ1) is 12.8. The smallest absolute Gasteiger partial charge is 0.0925 e. The van der Waals surface area contributed by atoms with Gasteiger partial charge in [-0.05, 0) is 38.9 Å². The first-order valence-electron chi connectivity index (χ1n) is 8.09. The zero-order chi connectivity index (χ0) is 13.4. The summed E-state index contributed by atoms with van der Waals surface area (Å²) in [5, 5.41) is 3.65. The fourth-order valence-electron chi connectivity index (χ4n) is 4.05. The van der Waals surface area contributed by atoms with E-state index in [4.69, 9.17) is 0 Å². The molecule has 1 aromatic rings. The number of H-pyrrole nitrogens is 1. The molecule has 0 amide bonds. The van der Waals surface area contributed by atoms with Gasteiger partial charge in [-0.15, -0.1) is 0 Å². The van der Waals surface area contributed by atoms with Gasteiger partial charge in [0.15, 0.2) is 0 Å². The molecule has 1 aromatic heterocycles. The second-order valence-corrected chi connectivity index (χ2v) is 6.55. The minimum Gasteiger partial charge on any atom is -0.347 e. The number of hydrogen-bond donors (Lipinski definition) is 2. The highest BCUT2D eigenvalue weighted by molar-refractivity contribution is 5.16. The largest absolute Gasteiger partial charge is 0.347 e. The van der Waals surface area contributed by atoms with Gasteiger partial charge in [-0.25, -0.2) is 4.98 Å². The van der Waals surface area contributed by atoms with Crippen LogP contribution in [0.3, 0.4) is 0 Å². The Balaban J connectivity index is 1.30. The zero-order valence-electron chi connectivity index (χ0n) is 12.1. The van der Waals surface area contributed by atoms with Crippen LogP contribution >= 0.6 is 0 Å². The lowest BCUT2D eigenvalue weighted by molar-refractivity contribution is 0.220. The van der Waals surface area contributed by atoms with Gasteiger partial charge in [-0.1, -0.05) is 0 Å². The van der Waals surface area contributed by atoms with Crippen molar-refractivity contribution in [2.24, 2.45) is 0 Å². The van der Waals surface area contributed by atoms with Gasteiger partial charge in [0.05, 0.1) is 17.7 Å². The third-order valence-electron chi connectivity index (χ3n) is 5.20. The molecule has 110 valence electrons. The second kappa shape index (κ2) is 5.47. The molecule has 0 aliphatic carbocycles. The first-order valence-corrected chi connectivity index (χ1v) is 8.09. The van der Waals surface area contributed by atoms with Gasteiger partial charge in [0.25, 0.3) is 0 Å². The number of fused-ring (bicyclic) bond motifs is 1.